The number of amides is 1. The number of phenols is 1. The van der Waals surface area contributed by atoms with Crippen LogP contribution in [0.2, 0.25) is 0 Å². The van der Waals surface area contributed by atoms with Gasteiger partial charge in [0.25, 0.3) is 11.7 Å². The maximum absolute atomic E-state index is 13.8. The van der Waals surface area contributed by atoms with Crippen LogP contribution in [0.1, 0.15) is 33.9 Å². The molecule has 1 atom stereocenters. The molecule has 3 aromatic carbocycles. The Morgan fingerprint density at radius 3 is 2.31 bits per heavy atom. The first kappa shape index (κ1) is 21.3. The number of Topliss-reactive ketones (excluding diaryl/α,β-unsaturated/α-hetero) is 1. The average molecular weight is 431 g/mol. The Bertz CT molecular complexity index is 1290. The minimum atomic E-state index is -0.963. The van der Waals surface area contributed by atoms with Gasteiger partial charge in [0.05, 0.1) is 11.6 Å². The zero-order valence-corrected chi connectivity index (χ0v) is 17.9. The molecule has 0 spiro atoms. The number of halogens is 1. The number of hydrogen-bond acceptors (Lipinski definition) is 4. The number of anilines is 1. The van der Waals surface area contributed by atoms with Gasteiger partial charge in [0.1, 0.15) is 17.3 Å². The van der Waals surface area contributed by atoms with Crippen molar-refractivity contribution in [2.75, 3.05) is 4.90 Å². The lowest BCUT2D eigenvalue weighted by Crippen LogP contribution is -2.29. The highest BCUT2D eigenvalue weighted by molar-refractivity contribution is 6.51. The Balaban J connectivity index is 1.97. The Hall–Kier alpha value is -3.93. The molecule has 1 fully saturated rings. The van der Waals surface area contributed by atoms with Gasteiger partial charge < -0.3 is 10.2 Å². The summed E-state index contributed by atoms with van der Waals surface area (Å²) in [6, 6.07) is 14.6. The molecule has 1 aliphatic heterocycles. The van der Waals surface area contributed by atoms with Crippen LogP contribution < -0.4 is 4.90 Å². The zero-order valence-electron chi connectivity index (χ0n) is 17.9. The molecule has 1 unspecified atom stereocenters. The number of ketones is 1. The van der Waals surface area contributed by atoms with Gasteiger partial charge in [0.15, 0.2) is 0 Å². The molecule has 32 heavy (non-hydrogen) atoms. The Morgan fingerprint density at radius 2 is 1.66 bits per heavy atom. The molecule has 4 rings (SSSR count). The highest BCUT2D eigenvalue weighted by Gasteiger charge is 2.47. The summed E-state index contributed by atoms with van der Waals surface area (Å²) in [5.41, 5.74) is 3.33. The van der Waals surface area contributed by atoms with Crippen molar-refractivity contribution < 1.29 is 24.2 Å². The lowest BCUT2D eigenvalue weighted by Gasteiger charge is -2.26. The molecule has 0 aromatic heterocycles. The fourth-order valence-corrected chi connectivity index (χ4v) is 3.93. The molecule has 2 N–H and O–H groups in total. The van der Waals surface area contributed by atoms with Gasteiger partial charge in [-0.3, -0.25) is 14.5 Å². The summed E-state index contributed by atoms with van der Waals surface area (Å²) < 4.78 is 13.8. The number of aryl methyl sites for hydroxylation is 3. The SMILES string of the molecule is Cc1ccc(N2C(=O)C(=O)/C(=C(/O)c3ccc(F)c(C)c3)C2c2cccc(O)c2)cc1C. The zero-order chi connectivity index (χ0) is 23.2. The molecular weight excluding hydrogens is 409 g/mol. The summed E-state index contributed by atoms with van der Waals surface area (Å²) in [5.74, 6) is -2.52. The molecule has 1 aliphatic rings. The summed E-state index contributed by atoms with van der Waals surface area (Å²) in [7, 11) is 0. The number of aromatic hydroxyl groups is 1. The molecule has 0 saturated carbocycles. The number of carbonyl (C=O) groups excluding carboxylic acids is 2. The lowest BCUT2D eigenvalue weighted by molar-refractivity contribution is -0.132. The molecule has 1 amide bonds. The van der Waals surface area contributed by atoms with E-state index in [-0.39, 0.29) is 16.9 Å². The largest absolute Gasteiger partial charge is 0.508 e. The number of aliphatic hydroxyl groups is 1. The molecule has 6 heteroatoms. The topological polar surface area (TPSA) is 77.8 Å². The number of benzene rings is 3. The fourth-order valence-electron chi connectivity index (χ4n) is 3.93. The van der Waals surface area contributed by atoms with Gasteiger partial charge in [-0.1, -0.05) is 18.2 Å². The quantitative estimate of drug-likeness (QED) is 0.344. The minimum absolute atomic E-state index is 0.0363. The van der Waals surface area contributed by atoms with Gasteiger partial charge in [0.2, 0.25) is 0 Å². The lowest BCUT2D eigenvalue weighted by atomic mass is 9.94. The number of nitrogens with zero attached hydrogens (tertiary/aromatic N) is 1. The first-order valence-electron chi connectivity index (χ1n) is 10.1. The minimum Gasteiger partial charge on any atom is -0.508 e. The van der Waals surface area contributed by atoms with E-state index in [0.717, 1.165) is 11.1 Å². The Labute approximate surface area is 185 Å². The maximum atomic E-state index is 13.8. The molecule has 0 bridgehead atoms. The number of hydrogen-bond donors (Lipinski definition) is 2. The van der Waals surface area contributed by atoms with Crippen molar-refractivity contribution in [1.29, 1.82) is 0 Å². The van der Waals surface area contributed by atoms with Gasteiger partial charge in [0, 0.05) is 11.3 Å². The third-order valence-electron chi connectivity index (χ3n) is 5.83. The van der Waals surface area contributed by atoms with E-state index in [4.69, 9.17) is 0 Å². The number of aliphatic hydroxyl groups excluding tert-OH is 1. The van der Waals surface area contributed by atoms with E-state index < -0.39 is 29.3 Å². The molecule has 1 saturated heterocycles. The highest BCUT2D eigenvalue weighted by Crippen LogP contribution is 2.43. The van der Waals surface area contributed by atoms with Crippen LogP contribution in [0.4, 0.5) is 10.1 Å². The predicted octanol–water partition coefficient (Wildman–Crippen LogP) is 5.08. The number of carbonyl (C=O) groups is 2. The molecule has 0 radical (unpaired) electrons. The molecule has 3 aromatic rings. The van der Waals surface area contributed by atoms with Gasteiger partial charge in [-0.25, -0.2) is 4.39 Å². The van der Waals surface area contributed by atoms with E-state index in [1.165, 1.54) is 35.2 Å². The number of phenolic OH excluding ortho intramolecular Hbond substituents is 1. The summed E-state index contributed by atoms with van der Waals surface area (Å²) in [4.78, 5) is 27.6. The van der Waals surface area contributed by atoms with Crippen molar-refractivity contribution in [2.45, 2.75) is 26.8 Å². The monoisotopic (exact) mass is 431 g/mol. The van der Waals surface area contributed by atoms with Gasteiger partial charge >= 0.3 is 0 Å². The van der Waals surface area contributed by atoms with E-state index in [1.54, 1.807) is 31.2 Å². The Kier molecular flexibility index (Phi) is 5.30. The van der Waals surface area contributed by atoms with Crippen LogP contribution in [-0.2, 0) is 9.59 Å². The Morgan fingerprint density at radius 1 is 0.906 bits per heavy atom. The molecular formula is C26H22FNO4. The van der Waals surface area contributed by atoms with Crippen molar-refractivity contribution in [3.63, 3.8) is 0 Å². The van der Waals surface area contributed by atoms with Gasteiger partial charge in [-0.2, -0.15) is 0 Å². The second kappa shape index (κ2) is 7.96. The predicted molar refractivity (Wildman–Crippen MR) is 120 cm³/mol. The van der Waals surface area contributed by atoms with Crippen LogP contribution in [0.15, 0.2) is 66.2 Å². The van der Waals surface area contributed by atoms with Crippen molar-refractivity contribution in [3.05, 3.63) is 99.9 Å². The van der Waals surface area contributed by atoms with E-state index >= 15 is 0 Å². The van der Waals surface area contributed by atoms with Crippen LogP contribution in [0.5, 0.6) is 5.75 Å². The van der Waals surface area contributed by atoms with Crippen LogP contribution in [-0.4, -0.2) is 21.9 Å². The molecule has 0 aliphatic carbocycles. The summed E-state index contributed by atoms with van der Waals surface area (Å²) in [6.07, 6.45) is 0. The van der Waals surface area contributed by atoms with Crippen LogP contribution in [0.25, 0.3) is 5.76 Å². The van der Waals surface area contributed by atoms with E-state index in [9.17, 15) is 24.2 Å². The molecule has 1 heterocycles. The van der Waals surface area contributed by atoms with Crippen LogP contribution in [0.3, 0.4) is 0 Å². The van der Waals surface area contributed by atoms with E-state index in [0.29, 0.717) is 16.8 Å². The van der Waals surface area contributed by atoms with Gasteiger partial charge in [-0.05, 0) is 85.5 Å². The van der Waals surface area contributed by atoms with Crippen LogP contribution >= 0.6 is 0 Å². The number of rotatable bonds is 3. The normalized spacial score (nSPS) is 17.8. The maximum Gasteiger partial charge on any atom is 0.300 e. The third-order valence-corrected chi connectivity index (χ3v) is 5.83. The molecule has 162 valence electrons. The first-order chi connectivity index (χ1) is 15.2. The fraction of sp³-hybridized carbons (Fsp3) is 0.154. The van der Waals surface area contributed by atoms with E-state index in [1.807, 2.05) is 19.9 Å². The van der Waals surface area contributed by atoms with Gasteiger partial charge in [-0.15, -0.1) is 0 Å². The standard InChI is InChI=1S/C26H22FNO4/c1-14-7-9-19(12-15(14)2)28-23(17-5-4-6-20(29)13-17)22(25(31)26(28)32)24(30)18-8-10-21(27)16(3)11-18/h4-13,23,29-30H,1-3H3/b24-22+. The van der Waals surface area contributed by atoms with E-state index in [2.05, 4.69) is 0 Å². The smallest absolute Gasteiger partial charge is 0.300 e. The second-order valence-electron chi connectivity index (χ2n) is 8.00. The van der Waals surface area contributed by atoms with Crippen molar-refractivity contribution in [3.8, 4) is 5.75 Å². The molecule has 5 nitrogen and oxygen atoms in total. The average Bonchev–Trinajstić information content (AvgIpc) is 3.02. The third kappa shape index (κ3) is 3.54. The second-order valence-corrected chi connectivity index (χ2v) is 8.00. The van der Waals surface area contributed by atoms with Crippen molar-refractivity contribution >= 4 is 23.1 Å². The van der Waals surface area contributed by atoms with Crippen LogP contribution in [0, 0.1) is 26.6 Å². The summed E-state index contributed by atoms with van der Waals surface area (Å²) >= 11 is 0. The first-order valence-corrected chi connectivity index (χ1v) is 10.1. The summed E-state index contributed by atoms with van der Waals surface area (Å²) in [5, 5.41) is 21.1. The van der Waals surface area contributed by atoms with Crippen molar-refractivity contribution in [1.82, 2.24) is 0 Å². The van der Waals surface area contributed by atoms with Crippen molar-refractivity contribution in [2.24, 2.45) is 0 Å². The highest BCUT2D eigenvalue weighted by atomic mass is 19.1. The summed E-state index contributed by atoms with van der Waals surface area (Å²) in [6.45, 7) is 5.39.